The summed E-state index contributed by atoms with van der Waals surface area (Å²) in [6.45, 7) is 1.57. The number of rotatable bonds is 4. The number of hydrogen-bond acceptors (Lipinski definition) is 5. The summed E-state index contributed by atoms with van der Waals surface area (Å²) >= 11 is 0. The van der Waals surface area contributed by atoms with Crippen LogP contribution >= 0.6 is 0 Å². The van der Waals surface area contributed by atoms with Crippen molar-refractivity contribution in [3.8, 4) is 5.75 Å². The molecule has 2 heterocycles. The Bertz CT molecular complexity index is 778. The van der Waals surface area contributed by atoms with E-state index in [1.807, 2.05) is 0 Å². The van der Waals surface area contributed by atoms with Gasteiger partial charge in [0.2, 0.25) is 0 Å². The fourth-order valence-corrected chi connectivity index (χ4v) is 2.73. The molecule has 0 bridgehead atoms. The number of benzene rings is 1. The summed E-state index contributed by atoms with van der Waals surface area (Å²) in [4.78, 5) is 16.0. The van der Waals surface area contributed by atoms with Gasteiger partial charge in [-0.05, 0) is 50.2 Å². The zero-order valence-electron chi connectivity index (χ0n) is 14.3. The number of nitrogens with one attached hydrogen (secondary N) is 3. The van der Waals surface area contributed by atoms with Crippen LogP contribution in [-0.4, -0.2) is 30.2 Å². The Labute approximate surface area is 154 Å². The first-order valence-electron chi connectivity index (χ1n) is 8.50. The van der Waals surface area contributed by atoms with E-state index in [1.165, 1.54) is 0 Å². The highest BCUT2D eigenvalue weighted by atomic mass is 19.4. The SMILES string of the molecule is O=C(Nc1cc(C(F)(F)F)cc(NC2CCNCC2)n1)Oc1ccccc1. The standard InChI is InChI=1S/C18H19F3N4O2/c19-18(20,21)12-10-15(23-13-6-8-22-9-7-13)24-16(11-12)25-17(26)27-14-4-2-1-3-5-14/h1-5,10-11,13,22H,6-9H2,(H2,23,24,25,26). The van der Waals surface area contributed by atoms with Crippen molar-refractivity contribution in [2.24, 2.45) is 0 Å². The molecule has 1 fully saturated rings. The van der Waals surface area contributed by atoms with Crippen molar-refractivity contribution in [1.82, 2.24) is 10.3 Å². The Balaban J connectivity index is 1.76. The minimum atomic E-state index is -4.56. The van der Waals surface area contributed by atoms with Crippen molar-refractivity contribution in [3.63, 3.8) is 0 Å². The number of para-hydroxylation sites is 1. The molecule has 0 spiro atoms. The summed E-state index contributed by atoms with van der Waals surface area (Å²) in [5.41, 5.74) is -0.899. The maximum absolute atomic E-state index is 13.2. The average molecular weight is 380 g/mol. The lowest BCUT2D eigenvalue weighted by Crippen LogP contribution is -2.35. The number of carbonyl (C=O) groups is 1. The van der Waals surface area contributed by atoms with Crippen LogP contribution in [0.15, 0.2) is 42.5 Å². The van der Waals surface area contributed by atoms with Gasteiger partial charge in [0, 0.05) is 6.04 Å². The van der Waals surface area contributed by atoms with Crippen LogP contribution in [0, 0.1) is 0 Å². The van der Waals surface area contributed by atoms with Crippen LogP contribution in [-0.2, 0) is 6.18 Å². The van der Waals surface area contributed by atoms with Crippen molar-refractivity contribution in [1.29, 1.82) is 0 Å². The van der Waals surface area contributed by atoms with Crippen molar-refractivity contribution < 1.29 is 22.7 Å². The molecular formula is C18H19F3N4O2. The third-order valence-corrected chi connectivity index (χ3v) is 4.03. The van der Waals surface area contributed by atoms with Crippen molar-refractivity contribution in [3.05, 3.63) is 48.0 Å². The third-order valence-electron chi connectivity index (χ3n) is 4.03. The van der Waals surface area contributed by atoms with E-state index in [4.69, 9.17) is 4.74 Å². The number of nitrogens with zero attached hydrogens (tertiary/aromatic N) is 1. The monoisotopic (exact) mass is 380 g/mol. The summed E-state index contributed by atoms with van der Waals surface area (Å²) in [5, 5.41) is 8.45. The first-order valence-corrected chi connectivity index (χ1v) is 8.50. The predicted molar refractivity (Wildman–Crippen MR) is 94.8 cm³/mol. The topological polar surface area (TPSA) is 75.3 Å². The number of piperidine rings is 1. The van der Waals surface area contributed by atoms with Crippen LogP contribution < -0.4 is 20.7 Å². The Morgan fingerprint density at radius 3 is 2.44 bits per heavy atom. The molecule has 0 aliphatic carbocycles. The zero-order valence-corrected chi connectivity index (χ0v) is 14.3. The second kappa shape index (κ2) is 8.26. The Morgan fingerprint density at radius 1 is 1.11 bits per heavy atom. The van der Waals surface area contributed by atoms with E-state index in [0.29, 0.717) is 0 Å². The van der Waals surface area contributed by atoms with Gasteiger partial charge in [0.15, 0.2) is 0 Å². The molecule has 2 aromatic rings. The first kappa shape index (κ1) is 19.0. The number of aromatic nitrogens is 1. The normalized spacial score (nSPS) is 15.2. The quantitative estimate of drug-likeness (QED) is 0.751. The zero-order chi connectivity index (χ0) is 19.3. The van der Waals surface area contributed by atoms with Gasteiger partial charge in [-0.25, -0.2) is 9.78 Å². The Morgan fingerprint density at radius 2 is 1.78 bits per heavy atom. The van der Waals surface area contributed by atoms with Crippen LogP contribution in [0.4, 0.5) is 29.6 Å². The minimum Gasteiger partial charge on any atom is -0.410 e. The largest absolute Gasteiger partial charge is 0.418 e. The molecule has 1 aliphatic rings. The number of amides is 1. The van der Waals surface area contributed by atoms with Gasteiger partial charge in [0.05, 0.1) is 5.56 Å². The van der Waals surface area contributed by atoms with E-state index in [1.54, 1.807) is 30.3 Å². The average Bonchev–Trinajstić information content (AvgIpc) is 2.62. The lowest BCUT2D eigenvalue weighted by molar-refractivity contribution is -0.137. The molecule has 1 saturated heterocycles. The molecule has 6 nitrogen and oxygen atoms in total. The third kappa shape index (κ3) is 5.58. The second-order valence-electron chi connectivity index (χ2n) is 6.12. The van der Waals surface area contributed by atoms with Gasteiger partial charge >= 0.3 is 12.3 Å². The smallest absolute Gasteiger partial charge is 0.410 e. The second-order valence-corrected chi connectivity index (χ2v) is 6.12. The molecule has 0 radical (unpaired) electrons. The number of alkyl halides is 3. The van der Waals surface area contributed by atoms with E-state index in [-0.39, 0.29) is 23.4 Å². The number of carbonyl (C=O) groups excluding carboxylic acids is 1. The maximum atomic E-state index is 13.2. The van der Waals surface area contributed by atoms with Crippen molar-refractivity contribution in [2.75, 3.05) is 23.7 Å². The van der Waals surface area contributed by atoms with Gasteiger partial charge in [-0.1, -0.05) is 18.2 Å². The minimum absolute atomic E-state index is 0.0198. The highest BCUT2D eigenvalue weighted by Gasteiger charge is 2.32. The lowest BCUT2D eigenvalue weighted by atomic mass is 10.1. The number of ether oxygens (including phenoxy) is 1. The van der Waals surface area contributed by atoms with Crippen LogP contribution in [0.2, 0.25) is 0 Å². The van der Waals surface area contributed by atoms with Crippen LogP contribution in [0.1, 0.15) is 18.4 Å². The summed E-state index contributed by atoms with van der Waals surface area (Å²) in [7, 11) is 0. The number of halogens is 3. The van der Waals surface area contributed by atoms with E-state index in [2.05, 4.69) is 20.9 Å². The first-order chi connectivity index (χ1) is 12.9. The summed E-state index contributed by atoms with van der Waals surface area (Å²) in [6.07, 6.45) is -3.93. The number of pyridine rings is 1. The van der Waals surface area contributed by atoms with E-state index < -0.39 is 17.8 Å². The molecule has 3 rings (SSSR count). The summed E-state index contributed by atoms with van der Waals surface area (Å²) in [5.74, 6) is 0.101. The number of hydrogen-bond donors (Lipinski definition) is 3. The van der Waals surface area contributed by atoms with Crippen molar-refractivity contribution in [2.45, 2.75) is 25.1 Å². The van der Waals surface area contributed by atoms with Gasteiger partial charge in [-0.2, -0.15) is 13.2 Å². The summed E-state index contributed by atoms with van der Waals surface area (Å²) < 4.78 is 44.6. The molecule has 0 atom stereocenters. The molecule has 9 heteroatoms. The van der Waals surface area contributed by atoms with Crippen LogP contribution in [0.3, 0.4) is 0 Å². The van der Waals surface area contributed by atoms with Gasteiger partial charge < -0.3 is 15.4 Å². The molecule has 3 N–H and O–H groups in total. The molecule has 1 amide bonds. The molecule has 1 aromatic carbocycles. The number of anilines is 2. The fourth-order valence-electron chi connectivity index (χ4n) is 2.73. The maximum Gasteiger partial charge on any atom is 0.418 e. The van der Waals surface area contributed by atoms with Gasteiger partial charge in [0.1, 0.15) is 17.4 Å². The molecule has 0 unspecified atom stereocenters. The predicted octanol–water partition coefficient (Wildman–Crippen LogP) is 3.88. The van der Waals surface area contributed by atoms with E-state index in [0.717, 1.165) is 38.1 Å². The van der Waals surface area contributed by atoms with Crippen LogP contribution in [0.25, 0.3) is 0 Å². The van der Waals surface area contributed by atoms with E-state index in [9.17, 15) is 18.0 Å². The Kier molecular flexibility index (Phi) is 5.80. The fraction of sp³-hybridized carbons (Fsp3) is 0.333. The van der Waals surface area contributed by atoms with E-state index >= 15 is 0 Å². The van der Waals surface area contributed by atoms with Gasteiger partial charge in [0.25, 0.3) is 0 Å². The molecule has 1 aromatic heterocycles. The Hall–Kier alpha value is -2.81. The molecule has 1 aliphatic heterocycles. The molecule has 144 valence electrons. The molecular weight excluding hydrogens is 361 g/mol. The highest BCUT2D eigenvalue weighted by Crippen LogP contribution is 2.32. The molecule has 27 heavy (non-hydrogen) atoms. The highest BCUT2D eigenvalue weighted by molar-refractivity contribution is 5.85. The molecule has 0 saturated carbocycles. The lowest BCUT2D eigenvalue weighted by Gasteiger charge is -2.24. The van der Waals surface area contributed by atoms with Gasteiger partial charge in [-0.3, -0.25) is 5.32 Å². The summed E-state index contributed by atoms with van der Waals surface area (Å²) in [6, 6.07) is 9.95. The van der Waals surface area contributed by atoms with Gasteiger partial charge in [-0.15, -0.1) is 0 Å². The van der Waals surface area contributed by atoms with Crippen molar-refractivity contribution >= 4 is 17.7 Å². The van der Waals surface area contributed by atoms with Crippen LogP contribution in [0.5, 0.6) is 5.75 Å².